The molecule has 0 unspecified atom stereocenters. The van der Waals surface area contributed by atoms with Crippen LogP contribution in [0.2, 0.25) is 0 Å². The number of alkyl halides is 1. The zero-order chi connectivity index (χ0) is 8.91. The van der Waals surface area contributed by atoms with Gasteiger partial charge in [0.15, 0.2) is 9.84 Å². The lowest BCUT2D eigenvalue weighted by Crippen LogP contribution is -2.43. The van der Waals surface area contributed by atoms with Gasteiger partial charge in [-0.2, -0.15) is 0 Å². The third-order valence-electron chi connectivity index (χ3n) is 2.11. The van der Waals surface area contributed by atoms with Crippen molar-refractivity contribution in [3.05, 3.63) is 0 Å². The van der Waals surface area contributed by atoms with Crippen LogP contribution in [0.5, 0.6) is 0 Å². The summed E-state index contributed by atoms with van der Waals surface area (Å²) in [7, 11) is -3.06. The molecule has 0 bridgehead atoms. The van der Waals surface area contributed by atoms with Gasteiger partial charge in [0, 0.05) is 0 Å². The quantitative estimate of drug-likeness (QED) is 0.623. The number of aliphatic hydroxyl groups is 1. The van der Waals surface area contributed by atoms with E-state index in [-0.39, 0.29) is 11.5 Å². The van der Waals surface area contributed by atoms with Crippen LogP contribution in [0.3, 0.4) is 0 Å². The van der Waals surface area contributed by atoms with Crippen LogP contribution >= 0.6 is 15.9 Å². The Morgan fingerprint density at radius 3 is 1.91 bits per heavy atom. The molecule has 1 heterocycles. The summed E-state index contributed by atoms with van der Waals surface area (Å²) in [6.07, 6.45) is 0. The van der Waals surface area contributed by atoms with Gasteiger partial charge in [0.1, 0.15) is 0 Å². The zero-order valence-corrected chi connectivity index (χ0v) is 8.87. The molecule has 5 heteroatoms. The third-order valence-corrected chi connectivity index (χ3v) is 5.64. The molecule has 0 spiro atoms. The van der Waals surface area contributed by atoms with E-state index in [2.05, 4.69) is 15.9 Å². The fraction of sp³-hybridized carbons (Fsp3) is 1.00. The summed E-state index contributed by atoms with van der Waals surface area (Å²) in [5, 5.41) is 9.63. The van der Waals surface area contributed by atoms with Gasteiger partial charge in [0.05, 0.1) is 21.4 Å². The van der Waals surface area contributed by atoms with Crippen molar-refractivity contribution >= 4 is 25.8 Å². The maximum atomic E-state index is 11.1. The predicted octanol–water partition coefficient (Wildman–Crippen LogP) is 0.319. The van der Waals surface area contributed by atoms with Gasteiger partial charge < -0.3 is 5.11 Å². The minimum atomic E-state index is -3.06. The van der Waals surface area contributed by atoms with Crippen molar-refractivity contribution in [3.63, 3.8) is 0 Å². The van der Waals surface area contributed by atoms with Crippen LogP contribution in [0, 0.1) is 0 Å². The second-order valence-corrected chi connectivity index (χ2v) is 7.32. The summed E-state index contributed by atoms with van der Waals surface area (Å²) < 4.78 is 21.4. The Balaban J connectivity index is 3.08. The fourth-order valence-corrected chi connectivity index (χ4v) is 4.98. The molecule has 66 valence electrons. The highest BCUT2D eigenvalue weighted by atomic mass is 79.9. The Morgan fingerprint density at radius 1 is 1.36 bits per heavy atom. The molecule has 3 nitrogen and oxygen atoms in total. The molecule has 1 fully saturated rings. The van der Waals surface area contributed by atoms with Crippen molar-refractivity contribution in [3.8, 4) is 0 Å². The minimum absolute atomic E-state index is 0.00694. The number of hydrogen-bond acceptors (Lipinski definition) is 3. The predicted molar refractivity (Wildman–Crippen MR) is 46.6 cm³/mol. The zero-order valence-electron chi connectivity index (χ0n) is 6.46. The summed E-state index contributed by atoms with van der Waals surface area (Å²) in [5.74, 6) is -0.144. The maximum Gasteiger partial charge on any atom is 0.154 e. The average molecular weight is 243 g/mol. The van der Waals surface area contributed by atoms with E-state index in [1.165, 1.54) is 6.92 Å². The van der Waals surface area contributed by atoms with Crippen molar-refractivity contribution < 1.29 is 13.5 Å². The maximum absolute atomic E-state index is 11.1. The molecule has 0 amide bonds. The first-order chi connectivity index (χ1) is 4.66. The van der Waals surface area contributed by atoms with Gasteiger partial charge >= 0.3 is 0 Å². The van der Waals surface area contributed by atoms with E-state index >= 15 is 0 Å². The number of sulfone groups is 1. The first-order valence-corrected chi connectivity index (χ1v) is 5.89. The second kappa shape index (κ2) is 2.20. The van der Waals surface area contributed by atoms with Crippen molar-refractivity contribution in [2.45, 2.75) is 23.8 Å². The molecule has 0 radical (unpaired) electrons. The lowest BCUT2D eigenvalue weighted by Gasteiger charge is -2.28. The van der Waals surface area contributed by atoms with Gasteiger partial charge in [-0.15, -0.1) is 0 Å². The molecule has 1 N–H and O–H groups in total. The molecular formula is C6H11BrO3S. The lowest BCUT2D eigenvalue weighted by molar-refractivity contribution is 0.0650. The molecule has 1 aliphatic rings. The second-order valence-electron chi connectivity index (χ2n) is 3.50. The molecule has 0 saturated carbocycles. The summed E-state index contributed by atoms with van der Waals surface area (Å²) in [4.78, 5) is 0. The van der Waals surface area contributed by atoms with Crippen molar-refractivity contribution in [1.82, 2.24) is 0 Å². The highest BCUT2D eigenvalue weighted by Crippen LogP contribution is 2.39. The largest absolute Gasteiger partial charge is 0.388 e. The van der Waals surface area contributed by atoms with Crippen LogP contribution in [-0.4, -0.2) is 35.0 Å². The molecule has 11 heavy (non-hydrogen) atoms. The van der Waals surface area contributed by atoms with Crippen LogP contribution < -0.4 is 0 Å². The van der Waals surface area contributed by atoms with Gasteiger partial charge in [0.2, 0.25) is 0 Å². The summed E-state index contributed by atoms with van der Waals surface area (Å²) >= 11 is 3.21. The topological polar surface area (TPSA) is 54.4 Å². The number of rotatable bonds is 0. The Kier molecular flexibility index (Phi) is 1.90. The Bertz CT molecular complexity index is 244. The first kappa shape index (κ1) is 9.48. The van der Waals surface area contributed by atoms with E-state index in [1.54, 1.807) is 6.92 Å². The highest BCUT2D eigenvalue weighted by molar-refractivity contribution is 9.10. The lowest BCUT2D eigenvalue weighted by atomic mass is 9.95. The van der Waals surface area contributed by atoms with Crippen LogP contribution in [0.25, 0.3) is 0 Å². The summed E-state index contributed by atoms with van der Waals surface area (Å²) in [5.41, 5.74) is -1.15. The molecule has 1 saturated heterocycles. The van der Waals surface area contributed by atoms with E-state index in [0.29, 0.717) is 0 Å². The van der Waals surface area contributed by atoms with E-state index in [1.807, 2.05) is 0 Å². The van der Waals surface area contributed by atoms with Crippen LogP contribution in [0.1, 0.15) is 13.8 Å². The van der Waals surface area contributed by atoms with Crippen molar-refractivity contribution in [1.29, 1.82) is 0 Å². The van der Waals surface area contributed by atoms with E-state index < -0.39 is 19.8 Å². The summed E-state index contributed by atoms with van der Waals surface area (Å²) in [6.45, 7) is 3.23. The third kappa shape index (κ3) is 1.60. The molecule has 0 aromatic rings. The molecular weight excluding hydrogens is 232 g/mol. The van der Waals surface area contributed by atoms with Gasteiger partial charge in [-0.3, -0.25) is 0 Å². The molecule has 1 rings (SSSR count). The molecule has 2 atom stereocenters. The SMILES string of the molecule is C[C@]1(O)CS(=O)(=O)C[C@@]1(C)Br. The van der Waals surface area contributed by atoms with Gasteiger partial charge in [-0.25, -0.2) is 8.42 Å². The van der Waals surface area contributed by atoms with Crippen LogP contribution in [-0.2, 0) is 9.84 Å². The minimum Gasteiger partial charge on any atom is -0.388 e. The average Bonchev–Trinajstić information content (AvgIpc) is 1.66. The van der Waals surface area contributed by atoms with E-state index in [0.717, 1.165) is 0 Å². The van der Waals surface area contributed by atoms with Gasteiger partial charge in [-0.05, 0) is 13.8 Å². The number of hydrogen-bond donors (Lipinski definition) is 1. The smallest absolute Gasteiger partial charge is 0.154 e. The Morgan fingerprint density at radius 2 is 1.82 bits per heavy atom. The highest BCUT2D eigenvalue weighted by Gasteiger charge is 2.53. The molecule has 0 aromatic heterocycles. The first-order valence-electron chi connectivity index (χ1n) is 3.28. The molecule has 0 aromatic carbocycles. The van der Waals surface area contributed by atoms with E-state index in [9.17, 15) is 13.5 Å². The van der Waals surface area contributed by atoms with Gasteiger partial charge in [0.25, 0.3) is 0 Å². The van der Waals surface area contributed by atoms with Crippen LogP contribution in [0.15, 0.2) is 0 Å². The Labute approximate surface area is 74.8 Å². The van der Waals surface area contributed by atoms with Crippen molar-refractivity contribution in [2.24, 2.45) is 0 Å². The van der Waals surface area contributed by atoms with Crippen LogP contribution in [0.4, 0.5) is 0 Å². The number of halogens is 1. The Hall–Kier alpha value is 0.390. The van der Waals surface area contributed by atoms with Crippen molar-refractivity contribution in [2.75, 3.05) is 11.5 Å². The van der Waals surface area contributed by atoms with E-state index in [4.69, 9.17) is 0 Å². The summed E-state index contributed by atoms with van der Waals surface area (Å²) in [6, 6.07) is 0. The standard InChI is InChI=1S/C6H11BrO3S/c1-5(7)3-11(9,10)4-6(5,2)8/h8H,3-4H2,1-2H3/t5-,6+/m1/s1. The fourth-order valence-electron chi connectivity index (χ4n) is 1.20. The van der Waals surface area contributed by atoms with Gasteiger partial charge in [-0.1, -0.05) is 15.9 Å². The monoisotopic (exact) mass is 242 g/mol. The molecule has 0 aliphatic carbocycles. The molecule has 1 aliphatic heterocycles. The normalized spacial score (nSPS) is 49.5.